The summed E-state index contributed by atoms with van der Waals surface area (Å²) < 4.78 is 0. The van der Waals surface area contributed by atoms with Crippen molar-refractivity contribution in [2.24, 2.45) is 0 Å². The normalized spacial score (nSPS) is 17.3. The number of carbonyl (C=O) groups is 1. The van der Waals surface area contributed by atoms with Crippen molar-refractivity contribution in [3.05, 3.63) is 22.3 Å². The number of pyridine rings is 1. The maximum absolute atomic E-state index is 12.1. The lowest BCUT2D eigenvalue weighted by atomic mass is 10.1. The summed E-state index contributed by atoms with van der Waals surface area (Å²) in [5.41, 5.74) is 0. The van der Waals surface area contributed by atoms with E-state index in [2.05, 4.69) is 10.3 Å². The number of halogens is 2. The largest absolute Gasteiger partial charge is 0.327 e. The summed E-state index contributed by atoms with van der Waals surface area (Å²) in [7, 11) is 0. The highest BCUT2D eigenvalue weighted by atomic mass is 35.5. The van der Waals surface area contributed by atoms with E-state index in [0.29, 0.717) is 22.4 Å². The second-order valence-electron chi connectivity index (χ2n) is 5.23. The Morgan fingerprint density at radius 3 is 2.50 bits per heavy atom. The number of nitrogens with zero attached hydrogens (tertiary/aromatic N) is 1. The van der Waals surface area contributed by atoms with Crippen molar-refractivity contribution >= 4 is 34.9 Å². The smallest absolute Gasteiger partial charge is 0.280 e. The van der Waals surface area contributed by atoms with Gasteiger partial charge in [0.05, 0.1) is 23.1 Å². The summed E-state index contributed by atoms with van der Waals surface area (Å²) in [6, 6.07) is 1.58. The number of rotatable bonds is 3. The minimum absolute atomic E-state index is 0.0442. The summed E-state index contributed by atoms with van der Waals surface area (Å²) in [4.78, 5) is 17.4. The van der Waals surface area contributed by atoms with Crippen LogP contribution >= 0.6 is 23.2 Å². The average Bonchev–Trinajstić information content (AvgIpc) is 2.36. The molecule has 0 bridgehead atoms. The van der Waals surface area contributed by atoms with Crippen LogP contribution in [0.2, 0.25) is 10.0 Å². The van der Waals surface area contributed by atoms with Crippen LogP contribution in [-0.4, -0.2) is 30.5 Å². The van der Waals surface area contributed by atoms with Crippen LogP contribution in [0.3, 0.4) is 0 Å². The van der Waals surface area contributed by atoms with E-state index in [4.69, 9.17) is 23.2 Å². The highest BCUT2D eigenvalue weighted by Gasteiger charge is 2.16. The van der Waals surface area contributed by atoms with Crippen LogP contribution in [0.5, 0.6) is 0 Å². The topological polar surface area (TPSA) is 46.4 Å². The molecular formula is C14H20Cl2N3O+. The van der Waals surface area contributed by atoms with Crippen LogP contribution in [0.1, 0.15) is 32.1 Å². The summed E-state index contributed by atoms with van der Waals surface area (Å²) in [5, 5.41) is 3.59. The summed E-state index contributed by atoms with van der Waals surface area (Å²) in [5.74, 6) is 0.338. The molecule has 6 heteroatoms. The Bertz CT molecular complexity index is 460. The van der Waals surface area contributed by atoms with Gasteiger partial charge in [-0.3, -0.25) is 4.79 Å². The Hall–Kier alpha value is -0.840. The van der Waals surface area contributed by atoms with Crippen molar-refractivity contribution in [3.8, 4) is 0 Å². The molecule has 2 N–H and O–H groups in total. The van der Waals surface area contributed by atoms with Gasteiger partial charge in [-0.25, -0.2) is 4.98 Å². The molecule has 4 nitrogen and oxygen atoms in total. The van der Waals surface area contributed by atoms with Crippen LogP contribution in [0.25, 0.3) is 0 Å². The van der Waals surface area contributed by atoms with Gasteiger partial charge in [-0.05, 0) is 31.7 Å². The molecule has 0 radical (unpaired) electrons. The minimum atomic E-state index is -0.0442. The second-order valence-corrected chi connectivity index (χ2v) is 6.07. The molecule has 20 heavy (non-hydrogen) atoms. The molecule has 0 atom stereocenters. The van der Waals surface area contributed by atoms with Crippen LogP contribution in [-0.2, 0) is 4.79 Å². The monoisotopic (exact) mass is 316 g/mol. The fourth-order valence-electron chi connectivity index (χ4n) is 2.49. The number of nitrogens with one attached hydrogen (secondary N) is 2. The highest BCUT2D eigenvalue weighted by molar-refractivity contribution is 6.36. The zero-order chi connectivity index (χ0) is 14.4. The summed E-state index contributed by atoms with van der Waals surface area (Å²) in [6.07, 6.45) is 7.74. The molecule has 0 spiro atoms. The minimum Gasteiger partial charge on any atom is -0.327 e. The molecule has 0 aromatic carbocycles. The quantitative estimate of drug-likeness (QED) is 0.897. The Labute approximate surface area is 129 Å². The van der Waals surface area contributed by atoms with Crippen molar-refractivity contribution in [2.45, 2.75) is 32.1 Å². The zero-order valence-corrected chi connectivity index (χ0v) is 12.9. The van der Waals surface area contributed by atoms with Crippen LogP contribution in [0.15, 0.2) is 12.3 Å². The first-order valence-corrected chi connectivity index (χ1v) is 7.85. The van der Waals surface area contributed by atoms with Crippen molar-refractivity contribution in [1.29, 1.82) is 0 Å². The Morgan fingerprint density at radius 1 is 1.20 bits per heavy atom. The van der Waals surface area contributed by atoms with E-state index in [1.165, 1.54) is 43.2 Å². The summed E-state index contributed by atoms with van der Waals surface area (Å²) >= 11 is 11.8. The van der Waals surface area contributed by atoms with E-state index >= 15 is 0 Å². The fraction of sp³-hybridized carbons (Fsp3) is 0.571. The zero-order valence-electron chi connectivity index (χ0n) is 11.4. The van der Waals surface area contributed by atoms with Crippen LogP contribution < -0.4 is 10.2 Å². The van der Waals surface area contributed by atoms with Gasteiger partial charge in [-0.15, -0.1) is 0 Å². The standard InChI is InChI=1S/C14H19Cl2N3O/c15-11-8-12(16)14(17-9-11)18-13(20)10-19-6-4-2-1-3-5-7-19/h8-9H,1-7,10H2,(H,17,18,20)/p+1. The molecule has 1 aliphatic heterocycles. The van der Waals surface area contributed by atoms with Gasteiger partial charge in [-0.1, -0.05) is 29.6 Å². The van der Waals surface area contributed by atoms with E-state index in [1.807, 2.05) is 0 Å². The fourth-order valence-corrected chi connectivity index (χ4v) is 2.92. The van der Waals surface area contributed by atoms with Gasteiger partial charge in [0.25, 0.3) is 5.91 Å². The number of amides is 1. The predicted octanol–water partition coefficient (Wildman–Crippen LogP) is 2.18. The number of hydrogen-bond acceptors (Lipinski definition) is 2. The SMILES string of the molecule is O=C(C[NH+]1CCCCCCC1)Nc1ncc(Cl)cc1Cl. The molecule has 1 aromatic heterocycles. The van der Waals surface area contributed by atoms with Crippen molar-refractivity contribution < 1.29 is 9.69 Å². The summed E-state index contributed by atoms with van der Waals surface area (Å²) in [6.45, 7) is 2.60. The number of carbonyl (C=O) groups excluding carboxylic acids is 1. The van der Waals surface area contributed by atoms with Crippen LogP contribution in [0.4, 0.5) is 5.82 Å². The highest BCUT2D eigenvalue weighted by Crippen LogP contribution is 2.22. The number of anilines is 1. The third-order valence-corrected chi connectivity index (χ3v) is 4.03. The Kier molecular flexibility index (Phi) is 6.07. The molecule has 1 fully saturated rings. The van der Waals surface area contributed by atoms with Gasteiger partial charge >= 0.3 is 0 Å². The number of likely N-dealkylation sites (tertiary alicyclic amines) is 1. The number of aromatic nitrogens is 1. The van der Waals surface area contributed by atoms with E-state index < -0.39 is 0 Å². The van der Waals surface area contributed by atoms with E-state index in [-0.39, 0.29) is 5.91 Å². The lowest BCUT2D eigenvalue weighted by Gasteiger charge is -2.21. The van der Waals surface area contributed by atoms with Gasteiger partial charge in [0.15, 0.2) is 12.4 Å². The van der Waals surface area contributed by atoms with Gasteiger partial charge in [-0.2, -0.15) is 0 Å². The first-order valence-electron chi connectivity index (χ1n) is 7.09. The predicted molar refractivity (Wildman–Crippen MR) is 81.5 cm³/mol. The van der Waals surface area contributed by atoms with Crippen LogP contribution in [0, 0.1) is 0 Å². The molecule has 1 saturated heterocycles. The lowest BCUT2D eigenvalue weighted by Crippen LogP contribution is -3.13. The number of quaternary nitrogens is 1. The maximum Gasteiger partial charge on any atom is 0.280 e. The Balaban J connectivity index is 1.87. The molecule has 110 valence electrons. The molecule has 1 aromatic rings. The first kappa shape index (κ1) is 15.5. The van der Waals surface area contributed by atoms with Crippen molar-refractivity contribution in [2.75, 3.05) is 25.0 Å². The molecular weight excluding hydrogens is 297 g/mol. The third-order valence-electron chi connectivity index (χ3n) is 3.54. The van der Waals surface area contributed by atoms with E-state index in [9.17, 15) is 4.79 Å². The van der Waals surface area contributed by atoms with E-state index in [0.717, 1.165) is 13.1 Å². The van der Waals surface area contributed by atoms with Gasteiger partial charge in [0.1, 0.15) is 0 Å². The van der Waals surface area contributed by atoms with Crippen molar-refractivity contribution in [1.82, 2.24) is 4.98 Å². The molecule has 2 heterocycles. The first-order chi connectivity index (χ1) is 9.65. The third kappa shape index (κ3) is 4.93. The van der Waals surface area contributed by atoms with Gasteiger partial charge in [0, 0.05) is 6.20 Å². The Morgan fingerprint density at radius 2 is 1.85 bits per heavy atom. The lowest BCUT2D eigenvalue weighted by molar-refractivity contribution is -0.892. The second kappa shape index (κ2) is 7.81. The average molecular weight is 317 g/mol. The molecule has 0 saturated carbocycles. The molecule has 1 amide bonds. The van der Waals surface area contributed by atoms with Gasteiger partial charge < -0.3 is 10.2 Å². The molecule has 1 aliphatic rings. The molecule has 2 rings (SSSR count). The molecule has 0 unspecified atom stereocenters. The maximum atomic E-state index is 12.1. The van der Waals surface area contributed by atoms with E-state index in [1.54, 1.807) is 6.07 Å². The van der Waals surface area contributed by atoms with Gasteiger partial charge in [0.2, 0.25) is 0 Å². The molecule has 0 aliphatic carbocycles. The number of hydrogen-bond donors (Lipinski definition) is 2. The van der Waals surface area contributed by atoms with Crippen molar-refractivity contribution in [3.63, 3.8) is 0 Å².